The number of carboxylic acid groups (broad SMARTS) is 1. The summed E-state index contributed by atoms with van der Waals surface area (Å²) in [5.74, 6) is -1.72. The Balaban J connectivity index is 3.85. The molecule has 3 N–H and O–H groups in total. The Hall–Kier alpha value is -1.12. The van der Waals surface area contributed by atoms with Gasteiger partial charge in [0.1, 0.15) is 0 Å². The van der Waals surface area contributed by atoms with E-state index in [2.05, 4.69) is 0 Å². The normalized spacial score (nSPS) is 17.1. The largest absolute Gasteiger partial charge is 0.481 e. The van der Waals surface area contributed by atoms with Gasteiger partial charge in [-0.25, -0.2) is 0 Å². The molecule has 3 unspecified atom stereocenters. The second-order valence-corrected chi connectivity index (χ2v) is 2.97. The van der Waals surface area contributed by atoms with Gasteiger partial charge in [0.05, 0.1) is 30.6 Å². The molecule has 0 fully saturated rings. The molecule has 5 heteroatoms. The van der Waals surface area contributed by atoms with Gasteiger partial charge in [-0.05, 0) is 6.92 Å². The highest BCUT2D eigenvalue weighted by Crippen LogP contribution is 2.10. The van der Waals surface area contributed by atoms with Crippen LogP contribution in [0.25, 0.3) is 0 Å². The van der Waals surface area contributed by atoms with Crippen molar-refractivity contribution in [2.75, 3.05) is 0 Å². The van der Waals surface area contributed by atoms with Crippen LogP contribution in [0.4, 0.5) is 0 Å². The van der Waals surface area contributed by atoms with E-state index in [1.54, 1.807) is 0 Å². The Morgan fingerprint density at radius 2 is 2.08 bits per heavy atom. The molecular formula is C8H13NO4. The van der Waals surface area contributed by atoms with Crippen molar-refractivity contribution >= 4 is 5.97 Å². The minimum atomic E-state index is -1.12. The van der Waals surface area contributed by atoms with Gasteiger partial charge in [0.2, 0.25) is 0 Å². The topological polar surface area (TPSA) is 102 Å². The number of carboxylic acids is 1. The van der Waals surface area contributed by atoms with Crippen molar-refractivity contribution in [3.8, 4) is 6.07 Å². The molecule has 74 valence electrons. The van der Waals surface area contributed by atoms with Crippen LogP contribution in [-0.2, 0) is 4.79 Å². The van der Waals surface area contributed by atoms with Gasteiger partial charge >= 0.3 is 5.97 Å². The number of hydrogen-bond acceptors (Lipinski definition) is 4. The maximum atomic E-state index is 10.1. The average Bonchev–Trinajstić information content (AvgIpc) is 2.01. The second-order valence-electron chi connectivity index (χ2n) is 2.97. The van der Waals surface area contributed by atoms with Crippen molar-refractivity contribution in [2.45, 2.75) is 32.0 Å². The predicted octanol–water partition coefficient (Wildman–Crippen LogP) is -0.267. The number of aliphatic hydroxyl groups is 2. The van der Waals surface area contributed by atoms with Crippen molar-refractivity contribution in [3.05, 3.63) is 0 Å². The summed E-state index contributed by atoms with van der Waals surface area (Å²) in [5.41, 5.74) is 0. The number of carbonyl (C=O) groups is 1. The van der Waals surface area contributed by atoms with Gasteiger partial charge in [-0.3, -0.25) is 4.79 Å². The summed E-state index contributed by atoms with van der Waals surface area (Å²) in [6.07, 6.45) is -2.56. The molecule has 0 saturated carbocycles. The molecule has 0 rings (SSSR count). The first kappa shape index (κ1) is 11.9. The molecule has 0 spiro atoms. The summed E-state index contributed by atoms with van der Waals surface area (Å²) < 4.78 is 0. The van der Waals surface area contributed by atoms with E-state index >= 15 is 0 Å². The lowest BCUT2D eigenvalue weighted by molar-refractivity contribution is -0.139. The zero-order valence-electron chi connectivity index (χ0n) is 7.34. The van der Waals surface area contributed by atoms with Crippen LogP contribution in [-0.4, -0.2) is 33.5 Å². The maximum Gasteiger partial charge on any atom is 0.305 e. The molecule has 0 heterocycles. The minimum Gasteiger partial charge on any atom is -0.481 e. The highest BCUT2D eigenvalue weighted by Gasteiger charge is 2.19. The molecule has 5 nitrogen and oxygen atoms in total. The minimum absolute atomic E-state index is 0.0823. The molecule has 0 aromatic rings. The van der Waals surface area contributed by atoms with Crippen molar-refractivity contribution in [3.63, 3.8) is 0 Å². The van der Waals surface area contributed by atoms with Crippen LogP contribution in [0, 0.1) is 17.2 Å². The predicted molar refractivity (Wildman–Crippen MR) is 43.7 cm³/mol. The van der Waals surface area contributed by atoms with E-state index in [1.165, 1.54) is 6.92 Å². The molecule has 13 heavy (non-hydrogen) atoms. The number of nitrogens with zero attached hydrogens (tertiary/aromatic N) is 1. The quantitative estimate of drug-likeness (QED) is 0.550. The molecular weight excluding hydrogens is 174 g/mol. The number of nitriles is 1. The van der Waals surface area contributed by atoms with Gasteiger partial charge in [0.15, 0.2) is 0 Å². The molecule has 0 aliphatic rings. The zero-order chi connectivity index (χ0) is 10.4. The first-order valence-electron chi connectivity index (χ1n) is 3.95. The number of aliphatic carboxylic acids is 1. The van der Waals surface area contributed by atoms with Gasteiger partial charge in [0.25, 0.3) is 0 Å². The van der Waals surface area contributed by atoms with Crippen molar-refractivity contribution < 1.29 is 20.1 Å². The number of aliphatic hydroxyl groups excluding tert-OH is 2. The summed E-state index contributed by atoms with van der Waals surface area (Å²) >= 11 is 0. The van der Waals surface area contributed by atoms with Crippen LogP contribution in [0.3, 0.4) is 0 Å². The Morgan fingerprint density at radius 3 is 2.46 bits per heavy atom. The fraction of sp³-hybridized carbons (Fsp3) is 0.750. The van der Waals surface area contributed by atoms with E-state index in [4.69, 9.17) is 15.5 Å². The Morgan fingerprint density at radius 1 is 1.54 bits per heavy atom. The number of hydrogen-bond donors (Lipinski definition) is 3. The third kappa shape index (κ3) is 5.17. The van der Waals surface area contributed by atoms with E-state index in [9.17, 15) is 9.90 Å². The fourth-order valence-electron chi connectivity index (χ4n) is 0.854. The van der Waals surface area contributed by atoms with Crippen LogP contribution in [0.15, 0.2) is 0 Å². The van der Waals surface area contributed by atoms with Crippen molar-refractivity contribution in [2.24, 2.45) is 5.92 Å². The smallest absolute Gasteiger partial charge is 0.305 e. The first-order valence-corrected chi connectivity index (χ1v) is 3.95. The molecule has 0 aromatic carbocycles. The van der Waals surface area contributed by atoms with E-state index in [0.717, 1.165) is 0 Å². The van der Waals surface area contributed by atoms with Crippen LogP contribution >= 0.6 is 0 Å². The molecule has 0 aromatic heterocycles. The SMILES string of the molecule is CC(C#N)C(O)CC(O)CC(=O)O. The van der Waals surface area contributed by atoms with Gasteiger partial charge in [-0.1, -0.05) is 0 Å². The van der Waals surface area contributed by atoms with Gasteiger partial charge in [-0.2, -0.15) is 5.26 Å². The van der Waals surface area contributed by atoms with Crippen LogP contribution in [0.2, 0.25) is 0 Å². The lowest BCUT2D eigenvalue weighted by Gasteiger charge is -2.15. The molecule has 0 aliphatic carbocycles. The summed E-state index contributed by atoms with van der Waals surface area (Å²) in [6.45, 7) is 1.51. The molecule has 0 saturated heterocycles. The Bertz CT molecular complexity index is 211. The van der Waals surface area contributed by atoms with Crippen LogP contribution in [0.5, 0.6) is 0 Å². The van der Waals surface area contributed by atoms with E-state index < -0.39 is 30.5 Å². The highest BCUT2D eigenvalue weighted by molar-refractivity contribution is 5.67. The molecule has 0 radical (unpaired) electrons. The molecule has 0 aliphatic heterocycles. The monoisotopic (exact) mass is 187 g/mol. The summed E-state index contributed by atoms with van der Waals surface area (Å²) in [7, 11) is 0. The number of rotatable bonds is 5. The van der Waals surface area contributed by atoms with E-state index in [-0.39, 0.29) is 6.42 Å². The standard InChI is InChI=1S/C8H13NO4/c1-5(4-9)7(11)2-6(10)3-8(12)13/h5-7,10-11H,2-3H2,1H3,(H,12,13). The summed E-state index contributed by atoms with van der Waals surface area (Å²) in [6, 6.07) is 1.81. The Labute approximate surface area is 76.2 Å². The second kappa shape index (κ2) is 5.51. The fourth-order valence-corrected chi connectivity index (χ4v) is 0.854. The maximum absolute atomic E-state index is 10.1. The lowest BCUT2D eigenvalue weighted by atomic mass is 9.99. The molecule has 0 amide bonds. The van der Waals surface area contributed by atoms with Crippen molar-refractivity contribution in [1.82, 2.24) is 0 Å². The van der Waals surface area contributed by atoms with E-state index in [1.807, 2.05) is 6.07 Å². The Kier molecular flexibility index (Phi) is 5.04. The lowest BCUT2D eigenvalue weighted by Crippen LogP contribution is -2.24. The van der Waals surface area contributed by atoms with Crippen molar-refractivity contribution in [1.29, 1.82) is 5.26 Å². The average molecular weight is 187 g/mol. The van der Waals surface area contributed by atoms with E-state index in [0.29, 0.717) is 0 Å². The highest BCUT2D eigenvalue weighted by atomic mass is 16.4. The first-order chi connectivity index (χ1) is 5.97. The van der Waals surface area contributed by atoms with Crippen LogP contribution < -0.4 is 0 Å². The summed E-state index contributed by atoms with van der Waals surface area (Å²) in [5, 5.41) is 35.0. The van der Waals surface area contributed by atoms with Crippen LogP contribution in [0.1, 0.15) is 19.8 Å². The van der Waals surface area contributed by atoms with Gasteiger partial charge in [-0.15, -0.1) is 0 Å². The third-order valence-corrected chi connectivity index (χ3v) is 1.70. The van der Waals surface area contributed by atoms with Gasteiger partial charge in [0, 0.05) is 6.42 Å². The molecule has 0 bridgehead atoms. The zero-order valence-corrected chi connectivity index (χ0v) is 7.34. The third-order valence-electron chi connectivity index (χ3n) is 1.70. The summed E-state index contributed by atoms with van der Waals surface area (Å²) in [4.78, 5) is 10.1. The molecule has 3 atom stereocenters. The van der Waals surface area contributed by atoms with Gasteiger partial charge < -0.3 is 15.3 Å².